The fourth-order valence-electron chi connectivity index (χ4n) is 2.20. The summed E-state index contributed by atoms with van der Waals surface area (Å²) >= 11 is 5.69. The molecule has 2 aromatic carbocycles. The Hall–Kier alpha value is -2.27. The van der Waals surface area contributed by atoms with Gasteiger partial charge in [0.25, 0.3) is 5.91 Å². The van der Waals surface area contributed by atoms with Gasteiger partial charge in [0.05, 0.1) is 25.8 Å². The lowest BCUT2D eigenvalue weighted by Gasteiger charge is -2.18. The highest BCUT2D eigenvalue weighted by Gasteiger charge is 2.18. The van der Waals surface area contributed by atoms with Gasteiger partial charge in [-0.05, 0) is 43.3 Å². The van der Waals surface area contributed by atoms with Crippen molar-refractivity contribution in [3.05, 3.63) is 58.4 Å². The van der Waals surface area contributed by atoms with Crippen LogP contribution in [0.2, 0.25) is 5.02 Å². The zero-order chi connectivity index (χ0) is 17.0. The molecule has 0 unspecified atom stereocenters. The van der Waals surface area contributed by atoms with Crippen LogP contribution in [0.3, 0.4) is 0 Å². The zero-order valence-electron chi connectivity index (χ0n) is 13.0. The zero-order valence-corrected chi connectivity index (χ0v) is 13.8. The van der Waals surface area contributed by atoms with Gasteiger partial charge in [-0.25, -0.2) is 4.39 Å². The third-order valence-electron chi connectivity index (χ3n) is 3.43. The second-order valence-corrected chi connectivity index (χ2v) is 5.36. The van der Waals surface area contributed by atoms with Gasteiger partial charge in [-0.2, -0.15) is 0 Å². The van der Waals surface area contributed by atoms with E-state index in [-0.39, 0.29) is 10.6 Å². The molecule has 0 aromatic heterocycles. The smallest absolute Gasteiger partial charge is 0.254 e. The molecule has 0 aliphatic heterocycles. The van der Waals surface area contributed by atoms with Crippen LogP contribution in [0.15, 0.2) is 36.4 Å². The Morgan fingerprint density at radius 2 is 1.91 bits per heavy atom. The van der Waals surface area contributed by atoms with Gasteiger partial charge in [0.2, 0.25) is 0 Å². The Bertz CT molecular complexity index is 721. The fourth-order valence-corrected chi connectivity index (χ4v) is 2.36. The first-order valence-electron chi connectivity index (χ1n) is 6.94. The number of rotatable bonds is 5. The highest BCUT2D eigenvalue weighted by molar-refractivity contribution is 6.30. The van der Waals surface area contributed by atoms with Crippen molar-refractivity contribution in [3.63, 3.8) is 0 Å². The number of carbonyl (C=O) groups excluding carboxylic acids is 1. The summed E-state index contributed by atoms with van der Waals surface area (Å²) in [6.45, 7) is 1.78. The molecule has 0 heterocycles. The van der Waals surface area contributed by atoms with Crippen LogP contribution in [0.25, 0.3) is 0 Å². The molecule has 1 atom stereocenters. The number of benzene rings is 2. The summed E-state index contributed by atoms with van der Waals surface area (Å²) < 4.78 is 24.3. The van der Waals surface area contributed by atoms with Gasteiger partial charge >= 0.3 is 0 Å². The van der Waals surface area contributed by atoms with Crippen molar-refractivity contribution in [1.82, 2.24) is 5.32 Å². The summed E-state index contributed by atoms with van der Waals surface area (Å²) in [5.41, 5.74) is 0.665. The summed E-state index contributed by atoms with van der Waals surface area (Å²) in [6, 6.07) is 8.80. The first kappa shape index (κ1) is 17.1. The van der Waals surface area contributed by atoms with Crippen molar-refractivity contribution in [2.24, 2.45) is 0 Å². The van der Waals surface area contributed by atoms with Crippen molar-refractivity contribution < 1.29 is 18.7 Å². The second-order valence-electron chi connectivity index (χ2n) is 4.93. The molecule has 1 N–H and O–H groups in total. The lowest BCUT2D eigenvalue weighted by molar-refractivity contribution is 0.0935. The molecule has 4 nitrogen and oxygen atoms in total. The predicted molar refractivity (Wildman–Crippen MR) is 86.8 cm³/mol. The second kappa shape index (κ2) is 7.33. The predicted octanol–water partition coefficient (Wildman–Crippen LogP) is 3.99. The molecule has 0 aliphatic rings. The third kappa shape index (κ3) is 3.93. The van der Waals surface area contributed by atoms with E-state index in [1.165, 1.54) is 12.1 Å². The SMILES string of the molecule is COc1ccc(OC)c([C@@H](C)NC(=O)c2ccc(Cl)cc2F)c1. The largest absolute Gasteiger partial charge is 0.497 e. The van der Waals surface area contributed by atoms with Crippen LogP contribution in [-0.2, 0) is 0 Å². The first-order chi connectivity index (χ1) is 11.0. The highest BCUT2D eigenvalue weighted by Crippen LogP contribution is 2.29. The van der Waals surface area contributed by atoms with E-state index in [4.69, 9.17) is 21.1 Å². The van der Waals surface area contributed by atoms with Crippen molar-refractivity contribution in [3.8, 4) is 11.5 Å². The Morgan fingerprint density at radius 1 is 1.17 bits per heavy atom. The molecule has 2 aromatic rings. The molecule has 1 amide bonds. The Labute approximate surface area is 139 Å². The average Bonchev–Trinajstić information content (AvgIpc) is 2.53. The minimum Gasteiger partial charge on any atom is -0.497 e. The van der Waals surface area contributed by atoms with Gasteiger partial charge in [0, 0.05) is 10.6 Å². The summed E-state index contributed by atoms with van der Waals surface area (Å²) in [5.74, 6) is 0.0473. The molecule has 2 rings (SSSR count). The number of ether oxygens (including phenoxy) is 2. The van der Waals surface area contributed by atoms with Crippen molar-refractivity contribution in [2.75, 3.05) is 14.2 Å². The van der Waals surface area contributed by atoms with E-state index >= 15 is 0 Å². The van der Waals surface area contributed by atoms with E-state index in [1.807, 2.05) is 0 Å². The molecule has 122 valence electrons. The van der Waals surface area contributed by atoms with Crippen LogP contribution in [0.5, 0.6) is 11.5 Å². The molecular formula is C17H17ClFNO3. The van der Waals surface area contributed by atoms with Gasteiger partial charge in [-0.1, -0.05) is 11.6 Å². The van der Waals surface area contributed by atoms with Crippen molar-refractivity contribution in [1.29, 1.82) is 0 Å². The first-order valence-corrected chi connectivity index (χ1v) is 7.32. The maximum Gasteiger partial charge on any atom is 0.254 e. The monoisotopic (exact) mass is 337 g/mol. The van der Waals surface area contributed by atoms with Gasteiger partial charge < -0.3 is 14.8 Å². The van der Waals surface area contributed by atoms with E-state index in [0.29, 0.717) is 11.5 Å². The summed E-state index contributed by atoms with van der Waals surface area (Å²) in [4.78, 5) is 12.2. The Balaban J connectivity index is 2.24. The molecule has 0 spiro atoms. The van der Waals surface area contributed by atoms with Crippen LogP contribution < -0.4 is 14.8 Å². The lowest BCUT2D eigenvalue weighted by Crippen LogP contribution is -2.27. The molecule has 0 radical (unpaired) electrons. The Kier molecular flexibility index (Phi) is 5.45. The molecule has 6 heteroatoms. The van der Waals surface area contributed by atoms with E-state index in [1.54, 1.807) is 39.3 Å². The van der Waals surface area contributed by atoms with Crippen LogP contribution in [0, 0.1) is 5.82 Å². The highest BCUT2D eigenvalue weighted by atomic mass is 35.5. The standard InChI is InChI=1S/C17H17ClFNO3/c1-10(14-9-12(22-2)5-7-16(14)23-3)20-17(21)13-6-4-11(18)8-15(13)19/h4-10H,1-3H3,(H,20,21)/t10-/m1/s1. The molecule has 0 fully saturated rings. The molecule has 23 heavy (non-hydrogen) atoms. The summed E-state index contributed by atoms with van der Waals surface area (Å²) in [6.07, 6.45) is 0. The number of hydrogen-bond acceptors (Lipinski definition) is 3. The summed E-state index contributed by atoms with van der Waals surface area (Å²) in [5, 5.41) is 2.98. The van der Waals surface area contributed by atoms with Gasteiger partial charge in [0.15, 0.2) is 0 Å². The molecule has 0 aliphatic carbocycles. The van der Waals surface area contributed by atoms with E-state index in [0.717, 1.165) is 11.6 Å². The van der Waals surface area contributed by atoms with E-state index in [2.05, 4.69) is 5.32 Å². The van der Waals surface area contributed by atoms with Crippen LogP contribution in [0.4, 0.5) is 4.39 Å². The molecular weight excluding hydrogens is 321 g/mol. The van der Waals surface area contributed by atoms with Gasteiger partial charge in [-0.3, -0.25) is 4.79 Å². The number of methoxy groups -OCH3 is 2. The maximum absolute atomic E-state index is 13.8. The van der Waals surface area contributed by atoms with Crippen LogP contribution >= 0.6 is 11.6 Å². The Morgan fingerprint density at radius 3 is 2.52 bits per heavy atom. The lowest BCUT2D eigenvalue weighted by atomic mass is 10.1. The maximum atomic E-state index is 13.8. The number of amides is 1. The molecule has 0 bridgehead atoms. The van der Waals surface area contributed by atoms with Crippen LogP contribution in [0.1, 0.15) is 28.9 Å². The normalized spacial score (nSPS) is 11.7. The van der Waals surface area contributed by atoms with E-state index in [9.17, 15) is 9.18 Å². The quantitative estimate of drug-likeness (QED) is 0.897. The van der Waals surface area contributed by atoms with Gasteiger partial charge in [-0.15, -0.1) is 0 Å². The van der Waals surface area contributed by atoms with Crippen LogP contribution in [-0.4, -0.2) is 20.1 Å². The minimum atomic E-state index is -0.667. The number of nitrogens with one attached hydrogen (secondary N) is 1. The van der Waals surface area contributed by atoms with Crippen molar-refractivity contribution >= 4 is 17.5 Å². The van der Waals surface area contributed by atoms with E-state index < -0.39 is 17.8 Å². The number of carbonyl (C=O) groups is 1. The minimum absolute atomic E-state index is 0.0666. The molecule has 0 saturated heterocycles. The third-order valence-corrected chi connectivity index (χ3v) is 3.66. The topological polar surface area (TPSA) is 47.6 Å². The molecule has 0 saturated carbocycles. The number of hydrogen-bond donors (Lipinski definition) is 1. The van der Waals surface area contributed by atoms with Gasteiger partial charge in [0.1, 0.15) is 17.3 Å². The average molecular weight is 338 g/mol. The number of halogens is 2. The fraction of sp³-hybridized carbons (Fsp3) is 0.235. The summed E-state index contributed by atoms with van der Waals surface area (Å²) in [7, 11) is 3.09. The van der Waals surface area contributed by atoms with Crippen molar-refractivity contribution in [2.45, 2.75) is 13.0 Å².